The standard InChI is InChI=1S/C23H31N5O/c1-17-16-21(27-23(24-17)28-14-6-3-7-15-28)25-19-10-12-20(13-11-19)26-22(29)18-8-4-2-5-9-18/h10-13,16,18H,2-9,14-15H2,1H3,(H,26,29)(H,24,25,27). The normalized spacial score (nSPS) is 17.8. The van der Waals surface area contributed by atoms with Gasteiger partial charge < -0.3 is 15.5 Å². The topological polar surface area (TPSA) is 70.2 Å². The molecule has 1 aromatic heterocycles. The fraction of sp³-hybridized carbons (Fsp3) is 0.522. The van der Waals surface area contributed by atoms with Crippen LogP contribution in [0, 0.1) is 12.8 Å². The van der Waals surface area contributed by atoms with Gasteiger partial charge in [-0.25, -0.2) is 4.98 Å². The molecule has 0 radical (unpaired) electrons. The van der Waals surface area contributed by atoms with Crippen LogP contribution in [0.15, 0.2) is 30.3 Å². The Hall–Kier alpha value is -2.63. The van der Waals surface area contributed by atoms with Gasteiger partial charge in [0.1, 0.15) is 5.82 Å². The van der Waals surface area contributed by atoms with Gasteiger partial charge in [0.2, 0.25) is 11.9 Å². The third-order valence-corrected chi connectivity index (χ3v) is 5.88. The Morgan fingerprint density at radius 2 is 1.59 bits per heavy atom. The lowest BCUT2D eigenvalue weighted by molar-refractivity contribution is -0.120. The molecule has 2 heterocycles. The van der Waals surface area contributed by atoms with Crippen molar-refractivity contribution in [2.45, 2.75) is 58.3 Å². The molecule has 2 aliphatic rings. The zero-order valence-electron chi connectivity index (χ0n) is 17.3. The van der Waals surface area contributed by atoms with Crippen LogP contribution >= 0.6 is 0 Å². The van der Waals surface area contributed by atoms with E-state index in [1.54, 1.807) is 0 Å². The molecule has 1 aliphatic heterocycles. The molecule has 2 fully saturated rings. The zero-order chi connectivity index (χ0) is 20.1. The molecule has 1 amide bonds. The molecule has 2 aromatic rings. The fourth-order valence-corrected chi connectivity index (χ4v) is 4.25. The summed E-state index contributed by atoms with van der Waals surface area (Å²) in [5.74, 6) is 1.93. The number of amides is 1. The minimum Gasteiger partial charge on any atom is -0.341 e. The molecule has 6 heteroatoms. The number of rotatable bonds is 5. The first-order chi connectivity index (χ1) is 14.2. The average molecular weight is 394 g/mol. The minimum atomic E-state index is 0.156. The van der Waals surface area contributed by atoms with Crippen LogP contribution in [0.25, 0.3) is 0 Å². The maximum absolute atomic E-state index is 12.4. The van der Waals surface area contributed by atoms with Gasteiger partial charge in [0.05, 0.1) is 0 Å². The van der Waals surface area contributed by atoms with Crippen molar-refractivity contribution >= 4 is 29.0 Å². The predicted molar refractivity (Wildman–Crippen MR) is 118 cm³/mol. The molecule has 154 valence electrons. The number of aromatic nitrogens is 2. The van der Waals surface area contributed by atoms with E-state index in [9.17, 15) is 4.79 Å². The van der Waals surface area contributed by atoms with E-state index >= 15 is 0 Å². The number of anilines is 4. The molecule has 6 nitrogen and oxygen atoms in total. The van der Waals surface area contributed by atoms with Crippen LogP contribution in [0.4, 0.5) is 23.1 Å². The summed E-state index contributed by atoms with van der Waals surface area (Å²) in [7, 11) is 0. The Labute approximate surface area is 173 Å². The summed E-state index contributed by atoms with van der Waals surface area (Å²) in [6.07, 6.45) is 9.30. The van der Waals surface area contributed by atoms with Crippen LogP contribution in [0.3, 0.4) is 0 Å². The van der Waals surface area contributed by atoms with Gasteiger partial charge in [0.15, 0.2) is 0 Å². The van der Waals surface area contributed by atoms with Crippen LogP contribution < -0.4 is 15.5 Å². The van der Waals surface area contributed by atoms with Gasteiger partial charge in [0.25, 0.3) is 0 Å². The van der Waals surface area contributed by atoms with E-state index < -0.39 is 0 Å². The van der Waals surface area contributed by atoms with Crippen molar-refractivity contribution in [3.05, 3.63) is 36.0 Å². The van der Waals surface area contributed by atoms with Crippen LogP contribution in [0.1, 0.15) is 57.1 Å². The van der Waals surface area contributed by atoms with E-state index in [1.807, 2.05) is 37.3 Å². The smallest absolute Gasteiger partial charge is 0.227 e. The molecule has 4 rings (SSSR count). The highest BCUT2D eigenvalue weighted by molar-refractivity contribution is 5.92. The van der Waals surface area contributed by atoms with Crippen molar-refractivity contribution in [1.29, 1.82) is 0 Å². The monoisotopic (exact) mass is 393 g/mol. The summed E-state index contributed by atoms with van der Waals surface area (Å²) in [5, 5.41) is 6.44. The third kappa shape index (κ3) is 5.25. The highest BCUT2D eigenvalue weighted by Crippen LogP contribution is 2.26. The summed E-state index contributed by atoms with van der Waals surface area (Å²) < 4.78 is 0. The number of aryl methyl sites for hydroxylation is 1. The predicted octanol–water partition coefficient (Wildman–Crippen LogP) is 5.04. The third-order valence-electron chi connectivity index (χ3n) is 5.88. The van der Waals surface area contributed by atoms with Gasteiger partial charge in [-0.15, -0.1) is 0 Å². The maximum atomic E-state index is 12.4. The number of hydrogen-bond acceptors (Lipinski definition) is 5. The SMILES string of the molecule is Cc1cc(Nc2ccc(NC(=O)C3CCCCC3)cc2)nc(N2CCCCC2)n1. The molecular formula is C23H31N5O. The first-order valence-electron chi connectivity index (χ1n) is 11.0. The quantitative estimate of drug-likeness (QED) is 0.745. The summed E-state index contributed by atoms with van der Waals surface area (Å²) in [6, 6.07) is 9.82. The van der Waals surface area contributed by atoms with Gasteiger partial charge in [-0.05, 0) is 63.3 Å². The van der Waals surface area contributed by atoms with Crippen molar-refractivity contribution in [2.75, 3.05) is 28.6 Å². The molecule has 0 spiro atoms. The van der Waals surface area contributed by atoms with Crippen molar-refractivity contribution in [3.63, 3.8) is 0 Å². The van der Waals surface area contributed by atoms with E-state index in [2.05, 4.69) is 20.5 Å². The van der Waals surface area contributed by atoms with E-state index in [-0.39, 0.29) is 11.8 Å². The van der Waals surface area contributed by atoms with Crippen molar-refractivity contribution < 1.29 is 4.79 Å². The van der Waals surface area contributed by atoms with Crippen LogP contribution in [0.2, 0.25) is 0 Å². The molecule has 29 heavy (non-hydrogen) atoms. The molecule has 1 aliphatic carbocycles. The van der Waals surface area contributed by atoms with E-state index in [4.69, 9.17) is 4.98 Å². The van der Waals surface area contributed by atoms with Crippen LogP contribution in [-0.2, 0) is 4.79 Å². The van der Waals surface area contributed by atoms with Crippen molar-refractivity contribution in [3.8, 4) is 0 Å². The highest BCUT2D eigenvalue weighted by atomic mass is 16.1. The summed E-state index contributed by atoms with van der Waals surface area (Å²) in [4.78, 5) is 24.0. The highest BCUT2D eigenvalue weighted by Gasteiger charge is 2.21. The van der Waals surface area contributed by atoms with E-state index in [0.29, 0.717) is 0 Å². The molecule has 1 saturated carbocycles. The van der Waals surface area contributed by atoms with Crippen molar-refractivity contribution in [2.24, 2.45) is 5.92 Å². The Balaban J connectivity index is 1.39. The first kappa shape index (κ1) is 19.7. The Kier molecular flexibility index (Phi) is 6.27. The molecule has 0 unspecified atom stereocenters. The van der Waals surface area contributed by atoms with Crippen LogP contribution in [0.5, 0.6) is 0 Å². The number of carbonyl (C=O) groups is 1. The average Bonchev–Trinajstić information content (AvgIpc) is 2.76. The zero-order valence-corrected chi connectivity index (χ0v) is 17.3. The second-order valence-corrected chi connectivity index (χ2v) is 8.27. The lowest BCUT2D eigenvalue weighted by atomic mass is 9.88. The van der Waals surface area contributed by atoms with Gasteiger partial charge in [0, 0.05) is 42.1 Å². The van der Waals surface area contributed by atoms with Crippen molar-refractivity contribution in [1.82, 2.24) is 9.97 Å². The fourth-order valence-electron chi connectivity index (χ4n) is 4.25. The first-order valence-corrected chi connectivity index (χ1v) is 11.0. The number of carbonyl (C=O) groups excluding carboxylic acids is 1. The van der Waals surface area contributed by atoms with E-state index in [1.165, 1.54) is 38.5 Å². The summed E-state index contributed by atoms with van der Waals surface area (Å²) in [6.45, 7) is 4.06. The molecule has 2 N–H and O–H groups in total. The van der Waals surface area contributed by atoms with Gasteiger partial charge in [-0.3, -0.25) is 4.79 Å². The molecule has 1 saturated heterocycles. The second-order valence-electron chi connectivity index (χ2n) is 8.27. The lowest BCUT2D eigenvalue weighted by Gasteiger charge is -2.27. The summed E-state index contributed by atoms with van der Waals surface area (Å²) in [5.41, 5.74) is 2.75. The van der Waals surface area contributed by atoms with Crippen LogP contribution in [-0.4, -0.2) is 29.0 Å². The number of piperidine rings is 1. The van der Waals surface area contributed by atoms with Gasteiger partial charge >= 0.3 is 0 Å². The largest absolute Gasteiger partial charge is 0.341 e. The molecular weight excluding hydrogens is 362 g/mol. The second kappa shape index (κ2) is 9.25. The molecule has 0 bridgehead atoms. The summed E-state index contributed by atoms with van der Waals surface area (Å²) >= 11 is 0. The number of benzene rings is 1. The maximum Gasteiger partial charge on any atom is 0.227 e. The number of hydrogen-bond donors (Lipinski definition) is 2. The molecule has 0 atom stereocenters. The van der Waals surface area contributed by atoms with Gasteiger partial charge in [-0.1, -0.05) is 19.3 Å². The number of nitrogens with one attached hydrogen (secondary N) is 2. The van der Waals surface area contributed by atoms with Gasteiger partial charge in [-0.2, -0.15) is 4.98 Å². The minimum absolute atomic E-state index is 0.156. The number of nitrogens with zero attached hydrogens (tertiary/aromatic N) is 3. The Morgan fingerprint density at radius 3 is 2.31 bits per heavy atom. The van der Waals surface area contributed by atoms with E-state index in [0.717, 1.165) is 54.8 Å². The Bertz CT molecular complexity index is 824. The lowest BCUT2D eigenvalue weighted by Crippen LogP contribution is -2.31. The molecule has 1 aromatic carbocycles. The Morgan fingerprint density at radius 1 is 0.931 bits per heavy atom.